The molecule has 3 unspecified atom stereocenters. The summed E-state index contributed by atoms with van der Waals surface area (Å²) in [6.07, 6.45) is 7.10. The zero-order valence-corrected chi connectivity index (χ0v) is 9.46. The van der Waals surface area contributed by atoms with Crippen LogP contribution in [0.1, 0.15) is 52.4 Å². The number of hydrogen-bond donors (Lipinski definition) is 0. The second-order valence-electron chi connectivity index (χ2n) is 5.72. The third kappa shape index (κ3) is 2.18. The van der Waals surface area contributed by atoms with E-state index in [0.717, 1.165) is 36.5 Å². The molecule has 0 radical (unpaired) electrons. The van der Waals surface area contributed by atoms with Gasteiger partial charge in [-0.3, -0.25) is 4.79 Å². The van der Waals surface area contributed by atoms with Crippen LogP contribution in [0.2, 0.25) is 0 Å². The van der Waals surface area contributed by atoms with E-state index in [9.17, 15) is 4.79 Å². The molecule has 0 bridgehead atoms. The highest BCUT2D eigenvalue weighted by Gasteiger charge is 2.33. The smallest absolute Gasteiger partial charge is 0.133 e. The molecule has 14 heavy (non-hydrogen) atoms. The predicted molar refractivity (Wildman–Crippen MR) is 58.0 cm³/mol. The maximum atomic E-state index is 11.3. The molecule has 80 valence electrons. The molecular formula is C13H22O. The number of rotatable bonds is 1. The molecule has 0 aliphatic heterocycles. The van der Waals surface area contributed by atoms with Crippen molar-refractivity contribution < 1.29 is 4.79 Å². The van der Waals surface area contributed by atoms with Crippen LogP contribution in [0.25, 0.3) is 0 Å². The predicted octanol–water partition coefficient (Wildman–Crippen LogP) is 3.43. The third-order valence-electron chi connectivity index (χ3n) is 4.17. The van der Waals surface area contributed by atoms with Crippen LogP contribution in [0.5, 0.6) is 0 Å². The Labute approximate surface area is 87.3 Å². The first-order valence-corrected chi connectivity index (χ1v) is 6.17. The molecule has 1 nitrogen and oxygen atoms in total. The zero-order valence-electron chi connectivity index (χ0n) is 9.46. The minimum Gasteiger partial charge on any atom is -0.300 e. The molecule has 0 aromatic carbocycles. The van der Waals surface area contributed by atoms with Crippen LogP contribution in [0.15, 0.2) is 0 Å². The third-order valence-corrected chi connectivity index (χ3v) is 4.17. The van der Waals surface area contributed by atoms with E-state index < -0.39 is 0 Å². The molecule has 2 fully saturated rings. The lowest BCUT2D eigenvalue weighted by Gasteiger charge is -2.34. The lowest BCUT2D eigenvalue weighted by Crippen LogP contribution is -2.24. The van der Waals surface area contributed by atoms with E-state index >= 15 is 0 Å². The van der Waals surface area contributed by atoms with Gasteiger partial charge in [-0.05, 0) is 49.4 Å². The van der Waals surface area contributed by atoms with Crippen LogP contribution in [-0.2, 0) is 4.79 Å². The van der Waals surface area contributed by atoms with Crippen molar-refractivity contribution in [1.29, 1.82) is 0 Å². The van der Waals surface area contributed by atoms with Crippen LogP contribution < -0.4 is 0 Å². The molecule has 0 heterocycles. The Morgan fingerprint density at radius 1 is 1.00 bits per heavy atom. The van der Waals surface area contributed by atoms with Gasteiger partial charge >= 0.3 is 0 Å². The van der Waals surface area contributed by atoms with Crippen molar-refractivity contribution in [2.75, 3.05) is 0 Å². The van der Waals surface area contributed by atoms with Gasteiger partial charge in [-0.15, -0.1) is 0 Å². The quantitative estimate of drug-likeness (QED) is 0.625. The van der Waals surface area contributed by atoms with Gasteiger partial charge in [-0.2, -0.15) is 0 Å². The summed E-state index contributed by atoms with van der Waals surface area (Å²) in [7, 11) is 0. The second kappa shape index (κ2) is 4.04. The molecular weight excluding hydrogens is 172 g/mol. The molecule has 0 saturated heterocycles. The van der Waals surface area contributed by atoms with Crippen molar-refractivity contribution >= 4 is 5.78 Å². The number of ketones is 1. The normalized spacial score (nSPS) is 44.3. The second-order valence-corrected chi connectivity index (χ2v) is 5.72. The summed E-state index contributed by atoms with van der Waals surface area (Å²) >= 11 is 0. The molecule has 0 N–H and O–H groups in total. The molecule has 3 atom stereocenters. The topological polar surface area (TPSA) is 17.1 Å². The summed E-state index contributed by atoms with van der Waals surface area (Å²) in [5, 5.41) is 0. The first-order valence-electron chi connectivity index (χ1n) is 6.17. The average Bonchev–Trinajstić information content (AvgIpc) is 2.50. The molecule has 0 aromatic rings. The lowest BCUT2D eigenvalue weighted by atomic mass is 9.71. The highest BCUT2D eigenvalue weighted by atomic mass is 16.1. The van der Waals surface area contributed by atoms with Crippen molar-refractivity contribution in [3.8, 4) is 0 Å². The van der Waals surface area contributed by atoms with E-state index in [1.807, 2.05) is 0 Å². The molecule has 1 heteroatoms. The lowest BCUT2D eigenvalue weighted by molar-refractivity contribution is -0.117. The Kier molecular flexibility index (Phi) is 2.94. The largest absolute Gasteiger partial charge is 0.300 e. The van der Waals surface area contributed by atoms with E-state index in [4.69, 9.17) is 0 Å². The van der Waals surface area contributed by atoms with Crippen LogP contribution >= 0.6 is 0 Å². The Balaban J connectivity index is 1.93. The Morgan fingerprint density at radius 2 is 1.64 bits per heavy atom. The van der Waals surface area contributed by atoms with Crippen LogP contribution in [0.4, 0.5) is 0 Å². The molecule has 2 aliphatic rings. The molecule has 0 amide bonds. The highest BCUT2D eigenvalue weighted by Crippen LogP contribution is 2.41. The van der Waals surface area contributed by atoms with E-state index in [2.05, 4.69) is 13.8 Å². The van der Waals surface area contributed by atoms with Gasteiger partial charge in [0.25, 0.3) is 0 Å². The van der Waals surface area contributed by atoms with E-state index in [1.54, 1.807) is 0 Å². The summed E-state index contributed by atoms with van der Waals surface area (Å²) in [6, 6.07) is 0. The van der Waals surface area contributed by atoms with Gasteiger partial charge < -0.3 is 0 Å². The summed E-state index contributed by atoms with van der Waals surface area (Å²) < 4.78 is 0. The number of Topliss-reactive ketones (excluding diaryl/α,β-unsaturated/α-hetero) is 1. The van der Waals surface area contributed by atoms with Crippen molar-refractivity contribution in [2.24, 2.45) is 23.7 Å². The molecule has 2 aliphatic carbocycles. The Morgan fingerprint density at radius 3 is 2.14 bits per heavy atom. The van der Waals surface area contributed by atoms with E-state index in [-0.39, 0.29) is 0 Å². The number of hydrogen-bond acceptors (Lipinski definition) is 1. The minimum absolute atomic E-state index is 0.515. The zero-order chi connectivity index (χ0) is 10.1. The van der Waals surface area contributed by atoms with Crippen LogP contribution in [-0.4, -0.2) is 5.78 Å². The first kappa shape index (κ1) is 10.2. The molecule has 2 rings (SSSR count). The average molecular weight is 194 g/mol. The fourth-order valence-electron chi connectivity index (χ4n) is 3.64. The monoisotopic (exact) mass is 194 g/mol. The maximum Gasteiger partial charge on any atom is 0.133 e. The molecule has 2 saturated carbocycles. The summed E-state index contributed by atoms with van der Waals surface area (Å²) in [5.74, 6) is 3.90. The minimum atomic E-state index is 0.515. The van der Waals surface area contributed by atoms with Gasteiger partial charge in [-0.1, -0.05) is 13.8 Å². The van der Waals surface area contributed by atoms with Gasteiger partial charge in [0.15, 0.2) is 0 Å². The highest BCUT2D eigenvalue weighted by molar-refractivity contribution is 5.80. The van der Waals surface area contributed by atoms with E-state index in [0.29, 0.717) is 5.78 Å². The van der Waals surface area contributed by atoms with Crippen molar-refractivity contribution in [3.05, 3.63) is 0 Å². The van der Waals surface area contributed by atoms with Crippen LogP contribution in [0, 0.1) is 23.7 Å². The maximum absolute atomic E-state index is 11.3. The first-order chi connectivity index (χ1) is 6.65. The van der Waals surface area contributed by atoms with Gasteiger partial charge in [0.05, 0.1) is 0 Å². The van der Waals surface area contributed by atoms with Gasteiger partial charge in [0, 0.05) is 12.8 Å². The number of carbonyl (C=O) groups is 1. The summed E-state index contributed by atoms with van der Waals surface area (Å²) in [6.45, 7) is 4.75. The van der Waals surface area contributed by atoms with Crippen molar-refractivity contribution in [3.63, 3.8) is 0 Å². The Hall–Kier alpha value is -0.330. The molecule has 0 spiro atoms. The summed E-state index contributed by atoms with van der Waals surface area (Å²) in [5.41, 5.74) is 0. The van der Waals surface area contributed by atoms with Gasteiger partial charge in [0.2, 0.25) is 0 Å². The number of carbonyl (C=O) groups excluding carboxylic acids is 1. The van der Waals surface area contributed by atoms with E-state index in [1.165, 1.54) is 25.7 Å². The summed E-state index contributed by atoms with van der Waals surface area (Å²) in [4.78, 5) is 11.3. The van der Waals surface area contributed by atoms with Crippen LogP contribution in [0.3, 0.4) is 0 Å². The Bertz CT molecular complexity index is 211. The fourth-order valence-corrected chi connectivity index (χ4v) is 3.64. The molecule has 0 aromatic heterocycles. The van der Waals surface area contributed by atoms with Gasteiger partial charge in [-0.25, -0.2) is 0 Å². The standard InChI is InChI=1S/C13H22O/c1-9-5-10(2)7-12(6-9)11-3-4-13(14)8-11/h9-12H,3-8H2,1-2H3. The fraction of sp³-hybridized carbons (Fsp3) is 0.923. The van der Waals surface area contributed by atoms with Crippen molar-refractivity contribution in [2.45, 2.75) is 52.4 Å². The SMILES string of the molecule is CC1CC(C)CC(C2CCC(=O)C2)C1. The van der Waals surface area contributed by atoms with Crippen molar-refractivity contribution in [1.82, 2.24) is 0 Å². The van der Waals surface area contributed by atoms with Gasteiger partial charge in [0.1, 0.15) is 5.78 Å².